The third-order valence-electron chi connectivity index (χ3n) is 2.29. The molecule has 0 radical (unpaired) electrons. The lowest BCUT2D eigenvalue weighted by atomic mass is 10.0. The van der Waals surface area contributed by atoms with Crippen molar-refractivity contribution >= 4 is 0 Å². The van der Waals surface area contributed by atoms with Gasteiger partial charge in [-0.1, -0.05) is 59.8 Å². The summed E-state index contributed by atoms with van der Waals surface area (Å²) in [6.45, 7) is 9.75. The van der Waals surface area contributed by atoms with E-state index >= 15 is 0 Å². The molecule has 0 aromatic heterocycles. The average molecular weight is 187 g/mol. The van der Waals surface area contributed by atoms with E-state index in [1.807, 2.05) is 0 Å². The number of hydrogen-bond acceptors (Lipinski definition) is 1. The van der Waals surface area contributed by atoms with E-state index in [-0.39, 0.29) is 0 Å². The molecular weight excluding hydrogens is 158 g/mol. The highest BCUT2D eigenvalue weighted by Gasteiger charge is 1.95. The smallest absolute Gasteiger partial charge is 0.00799 e. The van der Waals surface area contributed by atoms with Gasteiger partial charge < -0.3 is 5.73 Å². The lowest BCUT2D eigenvalue weighted by molar-refractivity contribution is 0.482. The Balaban J connectivity index is 0. The Bertz CT molecular complexity index is 69.5. The Morgan fingerprint density at radius 2 is 1.54 bits per heavy atom. The first-order valence-electron chi connectivity index (χ1n) is 5.92. The predicted octanol–water partition coefficient (Wildman–Crippen LogP) is 3.97. The van der Waals surface area contributed by atoms with Gasteiger partial charge in [0.05, 0.1) is 0 Å². The van der Waals surface area contributed by atoms with Crippen LogP contribution >= 0.6 is 0 Å². The summed E-state index contributed by atoms with van der Waals surface area (Å²) in [4.78, 5) is 0. The van der Waals surface area contributed by atoms with Crippen LogP contribution in [0.3, 0.4) is 0 Å². The van der Waals surface area contributed by atoms with Crippen LogP contribution in [0.1, 0.15) is 66.2 Å². The second-order valence-corrected chi connectivity index (χ2v) is 3.80. The molecule has 0 fully saturated rings. The molecule has 0 aliphatic rings. The van der Waals surface area contributed by atoms with E-state index in [2.05, 4.69) is 27.7 Å². The highest BCUT2D eigenvalue weighted by atomic mass is 14.5. The largest absolute Gasteiger partial charge is 0.330 e. The van der Waals surface area contributed by atoms with Gasteiger partial charge in [-0.3, -0.25) is 0 Å². The molecule has 0 aromatic rings. The molecule has 0 amide bonds. The molecule has 82 valence electrons. The zero-order valence-corrected chi connectivity index (χ0v) is 10.1. The van der Waals surface area contributed by atoms with Crippen LogP contribution in [0.2, 0.25) is 0 Å². The van der Waals surface area contributed by atoms with Gasteiger partial charge in [0.15, 0.2) is 0 Å². The molecule has 1 unspecified atom stereocenters. The van der Waals surface area contributed by atoms with Crippen LogP contribution in [0.5, 0.6) is 0 Å². The number of nitrogens with two attached hydrogens (primary N) is 1. The summed E-state index contributed by atoms with van der Waals surface area (Å²) in [5, 5.41) is 0. The van der Waals surface area contributed by atoms with Crippen LogP contribution in [0, 0.1) is 5.92 Å². The van der Waals surface area contributed by atoms with E-state index in [1.54, 1.807) is 0 Å². The van der Waals surface area contributed by atoms with Crippen LogP contribution < -0.4 is 5.73 Å². The van der Waals surface area contributed by atoms with E-state index in [9.17, 15) is 0 Å². The number of rotatable bonds is 6. The van der Waals surface area contributed by atoms with Crippen molar-refractivity contribution in [3.63, 3.8) is 0 Å². The molecule has 0 aliphatic heterocycles. The van der Waals surface area contributed by atoms with Crippen molar-refractivity contribution in [1.82, 2.24) is 0 Å². The molecule has 1 heteroatoms. The molecule has 0 heterocycles. The lowest BCUT2D eigenvalue weighted by Gasteiger charge is -2.05. The molecule has 2 N–H and O–H groups in total. The summed E-state index contributed by atoms with van der Waals surface area (Å²) in [5.74, 6) is 0.955. The van der Waals surface area contributed by atoms with Gasteiger partial charge in [0.1, 0.15) is 0 Å². The summed E-state index contributed by atoms with van der Waals surface area (Å²) < 4.78 is 0. The van der Waals surface area contributed by atoms with Gasteiger partial charge in [-0.2, -0.15) is 0 Å². The predicted molar refractivity (Wildman–Crippen MR) is 62.9 cm³/mol. The van der Waals surface area contributed by atoms with Gasteiger partial charge in [0.2, 0.25) is 0 Å². The molecule has 0 spiro atoms. The molecule has 0 rings (SSSR count). The topological polar surface area (TPSA) is 26.0 Å². The van der Waals surface area contributed by atoms with Crippen molar-refractivity contribution in [3.8, 4) is 0 Å². The summed E-state index contributed by atoms with van der Waals surface area (Å²) in [5.41, 5.74) is 5.03. The van der Waals surface area contributed by atoms with Gasteiger partial charge in [0, 0.05) is 0 Å². The van der Waals surface area contributed by atoms with E-state index in [4.69, 9.17) is 5.73 Å². The van der Waals surface area contributed by atoms with Crippen molar-refractivity contribution < 1.29 is 0 Å². The summed E-state index contributed by atoms with van der Waals surface area (Å²) >= 11 is 0. The number of unbranched alkanes of at least 4 members (excludes halogenated alkanes) is 2. The molecule has 0 saturated carbocycles. The fourth-order valence-corrected chi connectivity index (χ4v) is 0.947. The fourth-order valence-electron chi connectivity index (χ4n) is 0.947. The third-order valence-corrected chi connectivity index (χ3v) is 2.29. The quantitative estimate of drug-likeness (QED) is 0.626. The van der Waals surface area contributed by atoms with Crippen LogP contribution in [0.15, 0.2) is 0 Å². The number of hydrogen-bond donors (Lipinski definition) is 1. The van der Waals surface area contributed by atoms with Crippen molar-refractivity contribution in [2.45, 2.75) is 66.2 Å². The van der Waals surface area contributed by atoms with Crippen LogP contribution in [0.25, 0.3) is 0 Å². The highest BCUT2D eigenvalue weighted by molar-refractivity contribution is 4.49. The van der Waals surface area contributed by atoms with Crippen molar-refractivity contribution in [1.29, 1.82) is 0 Å². The van der Waals surface area contributed by atoms with Gasteiger partial charge in [-0.15, -0.1) is 0 Å². The standard InChI is InChI=1S/C9H20.C3H9N/c1-4-6-7-8-9(3)5-2;1-2-3-4/h9H,4-8H2,1-3H3;2-4H2,1H3. The third kappa shape index (κ3) is 18.7. The lowest BCUT2D eigenvalue weighted by Crippen LogP contribution is -1.93. The van der Waals surface area contributed by atoms with Crippen molar-refractivity contribution in [3.05, 3.63) is 0 Å². The minimum atomic E-state index is 0.819. The van der Waals surface area contributed by atoms with Crippen LogP contribution in [-0.2, 0) is 0 Å². The summed E-state index contributed by atoms with van der Waals surface area (Å²) in [7, 11) is 0. The van der Waals surface area contributed by atoms with E-state index in [0.29, 0.717) is 0 Å². The normalized spacial score (nSPS) is 11.8. The van der Waals surface area contributed by atoms with Crippen LogP contribution in [0.4, 0.5) is 0 Å². The molecule has 1 atom stereocenters. The molecule has 0 aromatic carbocycles. The second kappa shape index (κ2) is 14.5. The maximum atomic E-state index is 5.03. The van der Waals surface area contributed by atoms with Gasteiger partial charge in [0.25, 0.3) is 0 Å². The first-order chi connectivity index (χ1) is 6.22. The molecule has 0 bridgehead atoms. The van der Waals surface area contributed by atoms with Crippen molar-refractivity contribution in [2.24, 2.45) is 11.7 Å². The maximum absolute atomic E-state index is 5.03. The average Bonchev–Trinajstić information content (AvgIpc) is 2.18. The highest BCUT2D eigenvalue weighted by Crippen LogP contribution is 2.11. The first kappa shape index (κ1) is 15.4. The van der Waals surface area contributed by atoms with E-state index in [0.717, 1.165) is 18.9 Å². The summed E-state index contributed by atoms with van der Waals surface area (Å²) in [6, 6.07) is 0. The molecule has 0 aliphatic carbocycles. The fraction of sp³-hybridized carbons (Fsp3) is 1.00. The molecule has 1 nitrogen and oxygen atoms in total. The zero-order valence-electron chi connectivity index (χ0n) is 10.1. The molecular formula is C12H29N. The Labute approximate surface area is 85.1 Å². The molecule has 0 saturated heterocycles. The Kier molecular flexibility index (Phi) is 17.2. The second-order valence-electron chi connectivity index (χ2n) is 3.80. The monoisotopic (exact) mass is 187 g/mol. The van der Waals surface area contributed by atoms with Gasteiger partial charge in [-0.25, -0.2) is 0 Å². The zero-order chi connectivity index (χ0) is 10.5. The maximum Gasteiger partial charge on any atom is -0.00799 e. The van der Waals surface area contributed by atoms with E-state index in [1.165, 1.54) is 32.1 Å². The Morgan fingerprint density at radius 1 is 1.00 bits per heavy atom. The minimum absolute atomic E-state index is 0.819. The van der Waals surface area contributed by atoms with E-state index < -0.39 is 0 Å². The molecule has 13 heavy (non-hydrogen) atoms. The van der Waals surface area contributed by atoms with Crippen LogP contribution in [-0.4, -0.2) is 6.54 Å². The van der Waals surface area contributed by atoms with Crippen molar-refractivity contribution in [2.75, 3.05) is 6.54 Å². The SMILES string of the molecule is CCCCCC(C)CC.CCCN. The van der Waals surface area contributed by atoms with Gasteiger partial charge in [-0.05, 0) is 18.9 Å². The Hall–Kier alpha value is -0.0400. The Morgan fingerprint density at radius 3 is 1.85 bits per heavy atom. The first-order valence-corrected chi connectivity index (χ1v) is 5.92. The minimum Gasteiger partial charge on any atom is -0.330 e. The summed E-state index contributed by atoms with van der Waals surface area (Å²) in [6.07, 6.45) is 8.10. The van der Waals surface area contributed by atoms with Gasteiger partial charge >= 0.3 is 0 Å².